The first-order valence-electron chi connectivity index (χ1n) is 6.14. The zero-order valence-electron chi connectivity index (χ0n) is 10.8. The Morgan fingerprint density at radius 1 is 1.25 bits per heavy atom. The van der Waals surface area contributed by atoms with Crippen LogP contribution in [0, 0.1) is 12.7 Å². The molecule has 20 heavy (non-hydrogen) atoms. The minimum atomic E-state index is -0.299. The Kier molecular flexibility index (Phi) is 3.44. The van der Waals surface area contributed by atoms with E-state index in [1.807, 2.05) is 35.9 Å². The molecule has 0 aliphatic heterocycles. The van der Waals surface area contributed by atoms with E-state index in [1.54, 1.807) is 6.07 Å². The van der Waals surface area contributed by atoms with E-state index < -0.39 is 0 Å². The van der Waals surface area contributed by atoms with Crippen molar-refractivity contribution >= 4 is 21.6 Å². The molecule has 2 heterocycles. The van der Waals surface area contributed by atoms with Gasteiger partial charge in [-0.25, -0.2) is 9.37 Å². The summed E-state index contributed by atoms with van der Waals surface area (Å²) in [5.74, 6) is 0.298. The van der Waals surface area contributed by atoms with Gasteiger partial charge in [0.05, 0.1) is 10.2 Å². The Hall–Kier alpha value is -1.88. The fraction of sp³-hybridized carbons (Fsp3) is 0.133. The number of fused-ring (bicyclic) bond motifs is 1. The fourth-order valence-corrected chi connectivity index (χ4v) is 2.43. The summed E-state index contributed by atoms with van der Waals surface area (Å²) in [4.78, 5) is 4.46. The first kappa shape index (κ1) is 13.1. The SMILES string of the molecule is Cc1ccc2nc(COc3ccc(F)cc3Br)cn2c1. The highest BCUT2D eigenvalue weighted by Gasteiger charge is 2.06. The zero-order chi connectivity index (χ0) is 14.1. The van der Waals surface area contributed by atoms with Crippen LogP contribution in [0.15, 0.2) is 47.2 Å². The van der Waals surface area contributed by atoms with Crippen molar-refractivity contribution in [3.05, 3.63) is 64.3 Å². The van der Waals surface area contributed by atoms with Crippen LogP contribution in [0.2, 0.25) is 0 Å². The molecule has 0 N–H and O–H groups in total. The number of aryl methyl sites for hydroxylation is 1. The van der Waals surface area contributed by atoms with Crippen LogP contribution in [0.25, 0.3) is 5.65 Å². The molecule has 0 spiro atoms. The summed E-state index contributed by atoms with van der Waals surface area (Å²) in [6, 6.07) is 8.32. The quantitative estimate of drug-likeness (QED) is 0.720. The lowest BCUT2D eigenvalue weighted by Gasteiger charge is -2.06. The van der Waals surface area contributed by atoms with Gasteiger partial charge < -0.3 is 9.14 Å². The average molecular weight is 335 g/mol. The summed E-state index contributed by atoms with van der Waals surface area (Å²) >= 11 is 3.27. The van der Waals surface area contributed by atoms with Crippen LogP contribution in [0.3, 0.4) is 0 Å². The summed E-state index contributed by atoms with van der Waals surface area (Å²) in [7, 11) is 0. The van der Waals surface area contributed by atoms with Gasteiger partial charge in [-0.1, -0.05) is 6.07 Å². The van der Waals surface area contributed by atoms with Crippen molar-refractivity contribution in [2.75, 3.05) is 0 Å². The van der Waals surface area contributed by atoms with Crippen LogP contribution in [0.1, 0.15) is 11.3 Å². The van der Waals surface area contributed by atoms with Gasteiger partial charge in [-0.05, 0) is 52.7 Å². The standard InChI is InChI=1S/C15H12BrFN2O/c1-10-2-5-15-18-12(8-19(15)7-10)9-20-14-4-3-11(17)6-13(14)16/h2-8H,9H2,1H3. The van der Waals surface area contributed by atoms with Crippen LogP contribution < -0.4 is 4.74 Å². The second kappa shape index (κ2) is 5.25. The van der Waals surface area contributed by atoms with E-state index >= 15 is 0 Å². The zero-order valence-corrected chi connectivity index (χ0v) is 12.4. The number of rotatable bonds is 3. The summed E-state index contributed by atoms with van der Waals surface area (Å²) in [6.07, 6.45) is 3.94. The molecule has 3 rings (SSSR count). The average Bonchev–Trinajstić information content (AvgIpc) is 2.79. The smallest absolute Gasteiger partial charge is 0.137 e. The Morgan fingerprint density at radius 3 is 2.90 bits per heavy atom. The number of aromatic nitrogens is 2. The van der Waals surface area contributed by atoms with Gasteiger partial charge in [0.2, 0.25) is 0 Å². The molecule has 0 aliphatic carbocycles. The van der Waals surface area contributed by atoms with Crippen LogP contribution >= 0.6 is 15.9 Å². The van der Waals surface area contributed by atoms with Crippen LogP contribution in [-0.4, -0.2) is 9.38 Å². The summed E-state index contributed by atoms with van der Waals surface area (Å²) in [6.45, 7) is 2.37. The Morgan fingerprint density at radius 2 is 2.10 bits per heavy atom. The lowest BCUT2D eigenvalue weighted by atomic mass is 10.3. The molecule has 5 heteroatoms. The van der Waals surface area contributed by atoms with E-state index in [-0.39, 0.29) is 5.82 Å². The highest BCUT2D eigenvalue weighted by molar-refractivity contribution is 9.10. The monoisotopic (exact) mass is 334 g/mol. The van der Waals surface area contributed by atoms with Crippen molar-refractivity contribution in [2.24, 2.45) is 0 Å². The second-order valence-electron chi connectivity index (χ2n) is 4.57. The molecule has 2 aromatic heterocycles. The molecular formula is C15H12BrFN2O. The van der Waals surface area contributed by atoms with E-state index in [4.69, 9.17) is 4.74 Å². The number of ether oxygens (including phenoxy) is 1. The van der Waals surface area contributed by atoms with Crippen LogP contribution in [-0.2, 0) is 6.61 Å². The van der Waals surface area contributed by atoms with E-state index in [0.29, 0.717) is 16.8 Å². The number of benzene rings is 1. The Balaban J connectivity index is 1.79. The maximum absolute atomic E-state index is 13.0. The van der Waals surface area contributed by atoms with Crippen molar-refractivity contribution in [3.8, 4) is 5.75 Å². The third-order valence-corrected chi connectivity index (χ3v) is 3.54. The first-order valence-corrected chi connectivity index (χ1v) is 6.93. The maximum Gasteiger partial charge on any atom is 0.137 e. The van der Waals surface area contributed by atoms with Crippen LogP contribution in [0.4, 0.5) is 4.39 Å². The third kappa shape index (κ3) is 2.67. The number of pyridine rings is 1. The van der Waals surface area contributed by atoms with Gasteiger partial charge in [-0.15, -0.1) is 0 Å². The van der Waals surface area contributed by atoms with E-state index in [2.05, 4.69) is 20.9 Å². The number of nitrogens with zero attached hydrogens (tertiary/aromatic N) is 2. The highest BCUT2D eigenvalue weighted by Crippen LogP contribution is 2.26. The molecular weight excluding hydrogens is 323 g/mol. The van der Waals surface area contributed by atoms with Gasteiger partial charge in [0.25, 0.3) is 0 Å². The van der Waals surface area contributed by atoms with Crippen molar-refractivity contribution < 1.29 is 9.13 Å². The van der Waals surface area contributed by atoms with Crippen molar-refractivity contribution in [2.45, 2.75) is 13.5 Å². The molecule has 0 bridgehead atoms. The topological polar surface area (TPSA) is 26.5 Å². The number of imidazole rings is 1. The molecule has 102 valence electrons. The molecule has 0 saturated carbocycles. The molecule has 0 amide bonds. The van der Waals surface area contributed by atoms with E-state index in [9.17, 15) is 4.39 Å². The number of hydrogen-bond acceptors (Lipinski definition) is 2. The molecule has 1 aromatic carbocycles. The minimum absolute atomic E-state index is 0.299. The minimum Gasteiger partial charge on any atom is -0.486 e. The molecule has 0 atom stereocenters. The number of hydrogen-bond donors (Lipinski definition) is 0. The summed E-state index contributed by atoms with van der Waals surface area (Å²) in [5.41, 5.74) is 2.88. The van der Waals surface area contributed by atoms with Gasteiger partial charge in [0, 0.05) is 12.4 Å². The molecule has 0 saturated heterocycles. The maximum atomic E-state index is 13.0. The van der Waals surface area contributed by atoms with Gasteiger partial charge >= 0.3 is 0 Å². The van der Waals surface area contributed by atoms with Gasteiger partial charge in [-0.3, -0.25) is 0 Å². The van der Waals surface area contributed by atoms with Crippen molar-refractivity contribution in [1.29, 1.82) is 0 Å². The number of halogens is 2. The molecule has 0 aliphatic rings. The lowest BCUT2D eigenvalue weighted by molar-refractivity contribution is 0.299. The summed E-state index contributed by atoms with van der Waals surface area (Å²) in [5, 5.41) is 0. The molecule has 0 radical (unpaired) electrons. The molecule has 3 aromatic rings. The third-order valence-electron chi connectivity index (χ3n) is 2.92. The van der Waals surface area contributed by atoms with E-state index in [1.165, 1.54) is 17.7 Å². The molecule has 0 unspecified atom stereocenters. The molecule has 0 fully saturated rings. The lowest BCUT2D eigenvalue weighted by Crippen LogP contribution is -1.96. The molecule has 3 nitrogen and oxygen atoms in total. The van der Waals surface area contributed by atoms with E-state index in [0.717, 1.165) is 11.3 Å². The second-order valence-corrected chi connectivity index (χ2v) is 5.42. The van der Waals surface area contributed by atoms with Gasteiger partial charge in [0.1, 0.15) is 23.8 Å². The van der Waals surface area contributed by atoms with Gasteiger partial charge in [-0.2, -0.15) is 0 Å². The first-order chi connectivity index (χ1) is 9.61. The normalized spacial score (nSPS) is 10.9. The van der Waals surface area contributed by atoms with Gasteiger partial charge in [0.15, 0.2) is 0 Å². The van der Waals surface area contributed by atoms with Crippen molar-refractivity contribution in [3.63, 3.8) is 0 Å². The van der Waals surface area contributed by atoms with Crippen LogP contribution in [0.5, 0.6) is 5.75 Å². The fourth-order valence-electron chi connectivity index (χ4n) is 1.97. The largest absolute Gasteiger partial charge is 0.486 e. The Bertz CT molecular complexity index is 770. The predicted octanol–water partition coefficient (Wildman–Crippen LogP) is 4.12. The Labute approximate surface area is 124 Å². The predicted molar refractivity (Wildman–Crippen MR) is 78.4 cm³/mol. The van der Waals surface area contributed by atoms with Crippen molar-refractivity contribution in [1.82, 2.24) is 9.38 Å². The highest BCUT2D eigenvalue weighted by atomic mass is 79.9. The summed E-state index contributed by atoms with van der Waals surface area (Å²) < 4.78 is 21.2.